The van der Waals surface area contributed by atoms with Crippen molar-refractivity contribution in [3.05, 3.63) is 0 Å². The molecule has 86 valence electrons. The summed E-state index contributed by atoms with van der Waals surface area (Å²) < 4.78 is 4.82. The number of methoxy groups -OCH3 is 1. The second-order valence-corrected chi connectivity index (χ2v) is 3.34. The maximum atomic E-state index is 9.33. The average molecular weight is 204 g/mol. The van der Waals surface area contributed by atoms with Gasteiger partial charge in [0.1, 0.15) is 0 Å². The first-order valence-corrected chi connectivity index (χ1v) is 5.34. The Kier molecular flexibility index (Phi) is 9.29. The molecule has 0 radical (unpaired) electrons. The average Bonchev–Trinajstić information content (AvgIpc) is 2.19. The van der Waals surface area contributed by atoms with E-state index in [4.69, 9.17) is 4.74 Å². The van der Waals surface area contributed by atoms with Crippen LogP contribution in [-0.2, 0) is 4.74 Å². The first-order chi connectivity index (χ1) is 6.74. The van der Waals surface area contributed by atoms with Gasteiger partial charge in [-0.15, -0.1) is 0 Å². The minimum atomic E-state index is -0.392. The third-order valence-electron chi connectivity index (χ3n) is 2.24. The van der Waals surface area contributed by atoms with E-state index < -0.39 is 6.10 Å². The van der Waals surface area contributed by atoms with Gasteiger partial charge in [-0.2, -0.15) is 0 Å². The largest absolute Gasteiger partial charge is 0.389 e. The number of likely N-dealkylation sites (N-methyl/N-ethyl adjacent to an activating group) is 1. The summed E-state index contributed by atoms with van der Waals surface area (Å²) in [6.45, 7) is 9.44. The summed E-state index contributed by atoms with van der Waals surface area (Å²) in [4.78, 5) is 2.34. The molecule has 2 N–H and O–H groups in total. The van der Waals surface area contributed by atoms with Crippen LogP contribution in [0.5, 0.6) is 0 Å². The second kappa shape index (κ2) is 9.40. The standard InChI is InChI=1S/C10H24N2O2/c1-4-12(5-2)7-6-11-8-10(13)9-14-3/h10-11,13H,4-9H2,1-3H3. The van der Waals surface area contributed by atoms with Crippen LogP contribution in [0.1, 0.15) is 13.8 Å². The zero-order valence-electron chi connectivity index (χ0n) is 9.62. The van der Waals surface area contributed by atoms with Crippen LogP contribution in [0.2, 0.25) is 0 Å². The van der Waals surface area contributed by atoms with E-state index in [9.17, 15) is 5.11 Å². The lowest BCUT2D eigenvalue weighted by molar-refractivity contribution is 0.0643. The summed E-state index contributed by atoms with van der Waals surface area (Å²) in [7, 11) is 1.60. The van der Waals surface area contributed by atoms with E-state index in [0.29, 0.717) is 13.2 Å². The molecular weight excluding hydrogens is 180 g/mol. The maximum Gasteiger partial charge on any atom is 0.0897 e. The topological polar surface area (TPSA) is 44.7 Å². The lowest BCUT2D eigenvalue weighted by atomic mass is 10.3. The predicted octanol–water partition coefficient (Wildman–Crippen LogP) is -0.0749. The molecule has 0 heterocycles. The number of hydrogen-bond donors (Lipinski definition) is 2. The van der Waals surface area contributed by atoms with Gasteiger partial charge in [-0.1, -0.05) is 13.8 Å². The predicted molar refractivity (Wildman–Crippen MR) is 58.5 cm³/mol. The van der Waals surface area contributed by atoms with Gasteiger partial charge in [-0.3, -0.25) is 0 Å². The Morgan fingerprint density at radius 3 is 2.50 bits per heavy atom. The Labute approximate surface area is 87.2 Å². The Morgan fingerprint density at radius 2 is 2.00 bits per heavy atom. The zero-order valence-corrected chi connectivity index (χ0v) is 9.62. The molecule has 0 aromatic rings. The molecule has 14 heavy (non-hydrogen) atoms. The fraction of sp³-hybridized carbons (Fsp3) is 1.00. The van der Waals surface area contributed by atoms with Crippen molar-refractivity contribution in [2.45, 2.75) is 20.0 Å². The molecule has 1 unspecified atom stereocenters. The van der Waals surface area contributed by atoms with Crippen LogP contribution in [-0.4, -0.2) is 62.6 Å². The molecule has 0 aromatic heterocycles. The van der Waals surface area contributed by atoms with Crippen molar-refractivity contribution >= 4 is 0 Å². The van der Waals surface area contributed by atoms with Gasteiger partial charge >= 0.3 is 0 Å². The molecule has 0 spiro atoms. The minimum absolute atomic E-state index is 0.392. The first kappa shape index (κ1) is 13.8. The fourth-order valence-corrected chi connectivity index (χ4v) is 1.30. The molecule has 0 saturated heterocycles. The van der Waals surface area contributed by atoms with Crippen LogP contribution in [0.3, 0.4) is 0 Å². The number of ether oxygens (including phenoxy) is 1. The van der Waals surface area contributed by atoms with Gasteiger partial charge < -0.3 is 20.1 Å². The van der Waals surface area contributed by atoms with Gasteiger partial charge in [0.15, 0.2) is 0 Å². The number of rotatable bonds is 9. The SMILES string of the molecule is CCN(CC)CCNCC(O)COC. The third-order valence-corrected chi connectivity index (χ3v) is 2.24. The molecule has 1 atom stereocenters. The van der Waals surface area contributed by atoms with Gasteiger partial charge in [-0.05, 0) is 13.1 Å². The number of aliphatic hydroxyl groups is 1. The number of nitrogens with one attached hydrogen (secondary N) is 1. The van der Waals surface area contributed by atoms with E-state index in [-0.39, 0.29) is 0 Å². The summed E-state index contributed by atoms with van der Waals surface area (Å²) in [5.41, 5.74) is 0. The van der Waals surface area contributed by atoms with Crippen LogP contribution in [0.4, 0.5) is 0 Å². The molecule has 0 fully saturated rings. The highest BCUT2D eigenvalue weighted by Crippen LogP contribution is 1.85. The molecule has 4 heteroatoms. The zero-order chi connectivity index (χ0) is 10.8. The van der Waals surface area contributed by atoms with Gasteiger partial charge in [-0.25, -0.2) is 0 Å². The summed E-state index contributed by atoms with van der Waals surface area (Å²) in [6, 6.07) is 0. The Balaban J connectivity index is 3.27. The molecule has 0 aliphatic heterocycles. The smallest absolute Gasteiger partial charge is 0.0897 e. The van der Waals surface area contributed by atoms with Crippen molar-refractivity contribution in [1.29, 1.82) is 0 Å². The van der Waals surface area contributed by atoms with Crippen molar-refractivity contribution < 1.29 is 9.84 Å². The summed E-state index contributed by atoms with van der Waals surface area (Å²) in [5, 5.41) is 12.5. The molecule has 4 nitrogen and oxygen atoms in total. The molecule has 0 bridgehead atoms. The lowest BCUT2D eigenvalue weighted by Gasteiger charge is -2.18. The van der Waals surface area contributed by atoms with E-state index in [1.165, 1.54) is 0 Å². The van der Waals surface area contributed by atoms with E-state index in [1.807, 2.05) is 0 Å². The summed E-state index contributed by atoms with van der Waals surface area (Å²) >= 11 is 0. The summed E-state index contributed by atoms with van der Waals surface area (Å²) in [5.74, 6) is 0. The molecule has 0 aliphatic carbocycles. The number of hydrogen-bond acceptors (Lipinski definition) is 4. The van der Waals surface area contributed by atoms with Gasteiger partial charge in [0.2, 0.25) is 0 Å². The van der Waals surface area contributed by atoms with E-state index in [2.05, 4.69) is 24.1 Å². The van der Waals surface area contributed by atoms with Crippen LogP contribution < -0.4 is 5.32 Å². The van der Waals surface area contributed by atoms with E-state index in [0.717, 1.165) is 26.2 Å². The lowest BCUT2D eigenvalue weighted by Crippen LogP contribution is -2.36. The number of aliphatic hydroxyl groups excluding tert-OH is 1. The Bertz CT molecular complexity index is 119. The van der Waals surface area contributed by atoms with Gasteiger partial charge in [0.05, 0.1) is 12.7 Å². The van der Waals surface area contributed by atoms with E-state index >= 15 is 0 Å². The van der Waals surface area contributed by atoms with Crippen LogP contribution >= 0.6 is 0 Å². The molecule has 0 rings (SSSR count). The highest BCUT2D eigenvalue weighted by molar-refractivity contribution is 4.60. The molecule has 0 aromatic carbocycles. The van der Waals surface area contributed by atoms with Crippen molar-refractivity contribution in [3.8, 4) is 0 Å². The van der Waals surface area contributed by atoms with Gasteiger partial charge in [0, 0.05) is 26.7 Å². The Morgan fingerprint density at radius 1 is 1.36 bits per heavy atom. The molecular formula is C10H24N2O2. The monoisotopic (exact) mass is 204 g/mol. The van der Waals surface area contributed by atoms with E-state index in [1.54, 1.807) is 7.11 Å². The van der Waals surface area contributed by atoms with Crippen molar-refractivity contribution in [3.63, 3.8) is 0 Å². The third kappa shape index (κ3) is 7.26. The Hall–Kier alpha value is -0.160. The van der Waals surface area contributed by atoms with Crippen LogP contribution in [0.25, 0.3) is 0 Å². The summed E-state index contributed by atoms with van der Waals surface area (Å²) in [6.07, 6.45) is -0.392. The quantitative estimate of drug-likeness (QED) is 0.516. The van der Waals surface area contributed by atoms with Crippen LogP contribution in [0.15, 0.2) is 0 Å². The minimum Gasteiger partial charge on any atom is -0.389 e. The second-order valence-electron chi connectivity index (χ2n) is 3.34. The first-order valence-electron chi connectivity index (χ1n) is 5.34. The molecule has 0 amide bonds. The molecule has 0 aliphatic rings. The van der Waals surface area contributed by atoms with Crippen molar-refractivity contribution in [1.82, 2.24) is 10.2 Å². The highest BCUT2D eigenvalue weighted by Gasteiger charge is 2.02. The number of nitrogens with zero attached hydrogens (tertiary/aromatic N) is 1. The van der Waals surface area contributed by atoms with Crippen molar-refractivity contribution in [2.75, 3.05) is 46.4 Å². The fourth-order valence-electron chi connectivity index (χ4n) is 1.30. The maximum absolute atomic E-state index is 9.33. The van der Waals surface area contributed by atoms with Crippen molar-refractivity contribution in [2.24, 2.45) is 0 Å². The van der Waals surface area contributed by atoms with Gasteiger partial charge in [0.25, 0.3) is 0 Å². The highest BCUT2D eigenvalue weighted by atomic mass is 16.5. The van der Waals surface area contributed by atoms with Crippen LogP contribution in [0, 0.1) is 0 Å². The normalized spacial score (nSPS) is 13.5. The molecule has 0 saturated carbocycles.